The zero-order chi connectivity index (χ0) is 16.5. The van der Waals surface area contributed by atoms with Gasteiger partial charge in [0.05, 0.1) is 4.47 Å². The van der Waals surface area contributed by atoms with Gasteiger partial charge in [-0.2, -0.15) is 5.10 Å². The van der Waals surface area contributed by atoms with Gasteiger partial charge in [-0.1, -0.05) is 30.3 Å². The summed E-state index contributed by atoms with van der Waals surface area (Å²) in [5.41, 5.74) is 2.34. The Morgan fingerprint density at radius 3 is 2.46 bits per heavy atom. The van der Waals surface area contributed by atoms with Crippen molar-refractivity contribution in [2.75, 3.05) is 26.2 Å². The molecule has 2 atom stereocenters. The fraction of sp³-hybridized carbons (Fsp3) is 0.444. The summed E-state index contributed by atoms with van der Waals surface area (Å²) in [7, 11) is 0. The molecule has 2 aromatic rings. The molecule has 0 bridgehead atoms. The topological polar surface area (TPSA) is 61.0 Å². The van der Waals surface area contributed by atoms with Gasteiger partial charge in [-0.3, -0.25) is 9.89 Å². The summed E-state index contributed by atoms with van der Waals surface area (Å²) in [6.07, 6.45) is 2.17. The molecule has 2 fully saturated rings. The Morgan fingerprint density at radius 2 is 1.79 bits per heavy atom. The van der Waals surface area contributed by atoms with Crippen LogP contribution in [-0.4, -0.2) is 47.2 Å². The van der Waals surface area contributed by atoms with Crippen LogP contribution in [0, 0.1) is 11.8 Å². The number of hydrogen-bond acceptors (Lipinski definition) is 3. The molecule has 1 aromatic heterocycles. The molecule has 0 saturated carbocycles. The Labute approximate surface area is 149 Å². The minimum atomic E-state index is 0.0458. The minimum absolute atomic E-state index is 0.0458. The van der Waals surface area contributed by atoms with Gasteiger partial charge in [0.25, 0.3) is 5.91 Å². The van der Waals surface area contributed by atoms with E-state index in [2.05, 4.69) is 31.4 Å². The van der Waals surface area contributed by atoms with E-state index in [0.29, 0.717) is 17.5 Å². The first-order chi connectivity index (χ1) is 11.7. The van der Waals surface area contributed by atoms with Crippen molar-refractivity contribution >= 4 is 21.8 Å². The van der Waals surface area contributed by atoms with E-state index in [1.165, 1.54) is 0 Å². The number of nitrogens with one attached hydrogen (secondary N) is 2. The zero-order valence-electron chi connectivity index (χ0n) is 13.5. The van der Waals surface area contributed by atoms with E-state index in [1.807, 2.05) is 35.2 Å². The maximum atomic E-state index is 12.9. The highest BCUT2D eigenvalue weighted by molar-refractivity contribution is 9.10. The van der Waals surface area contributed by atoms with Gasteiger partial charge >= 0.3 is 0 Å². The van der Waals surface area contributed by atoms with E-state index in [4.69, 9.17) is 0 Å². The van der Waals surface area contributed by atoms with Crippen molar-refractivity contribution in [1.82, 2.24) is 20.4 Å². The summed E-state index contributed by atoms with van der Waals surface area (Å²) in [6.45, 7) is 3.85. The van der Waals surface area contributed by atoms with Gasteiger partial charge in [0.1, 0.15) is 11.4 Å². The van der Waals surface area contributed by atoms with E-state index < -0.39 is 0 Å². The van der Waals surface area contributed by atoms with E-state index in [0.717, 1.165) is 54.8 Å². The lowest BCUT2D eigenvalue weighted by molar-refractivity contribution is 0.0751. The highest BCUT2D eigenvalue weighted by atomic mass is 79.9. The number of hydrogen-bond donors (Lipinski definition) is 2. The van der Waals surface area contributed by atoms with Crippen LogP contribution in [0.5, 0.6) is 0 Å². The quantitative estimate of drug-likeness (QED) is 0.831. The SMILES string of the molecule is O=C(c1[nH]nc(-c2ccccc2)c1Br)N1CC[C@@H]2CNC[C@@H]2CC1. The Kier molecular flexibility index (Phi) is 4.41. The summed E-state index contributed by atoms with van der Waals surface area (Å²) in [5, 5.41) is 10.8. The third-order valence-electron chi connectivity index (χ3n) is 5.27. The molecule has 2 saturated heterocycles. The third-order valence-corrected chi connectivity index (χ3v) is 6.05. The maximum Gasteiger partial charge on any atom is 0.273 e. The van der Waals surface area contributed by atoms with Crippen molar-refractivity contribution in [3.05, 3.63) is 40.5 Å². The number of likely N-dealkylation sites (tertiary alicyclic amines) is 1. The first-order valence-electron chi connectivity index (χ1n) is 8.53. The van der Waals surface area contributed by atoms with Crippen LogP contribution < -0.4 is 5.32 Å². The summed E-state index contributed by atoms with van der Waals surface area (Å²) in [5.74, 6) is 1.48. The third kappa shape index (κ3) is 2.89. The normalized spacial score (nSPS) is 23.8. The molecule has 24 heavy (non-hydrogen) atoms. The van der Waals surface area contributed by atoms with Crippen LogP contribution >= 0.6 is 15.9 Å². The number of fused-ring (bicyclic) bond motifs is 1. The van der Waals surface area contributed by atoms with Gasteiger partial charge in [-0.05, 0) is 53.7 Å². The van der Waals surface area contributed by atoms with Crippen LogP contribution in [0.15, 0.2) is 34.8 Å². The first-order valence-corrected chi connectivity index (χ1v) is 9.32. The maximum absolute atomic E-state index is 12.9. The van der Waals surface area contributed by atoms with Crippen LogP contribution in [-0.2, 0) is 0 Å². The average Bonchev–Trinajstić information content (AvgIpc) is 3.16. The standard InChI is InChI=1S/C18H21BrN4O/c19-15-16(12-4-2-1-3-5-12)21-22-17(15)18(24)23-8-6-13-10-20-11-14(13)7-9-23/h1-5,13-14,20H,6-11H2,(H,21,22)/t13-,14+. The van der Waals surface area contributed by atoms with E-state index in [9.17, 15) is 4.79 Å². The number of halogens is 1. The molecule has 2 aliphatic rings. The summed E-state index contributed by atoms with van der Waals surface area (Å²) >= 11 is 3.57. The summed E-state index contributed by atoms with van der Waals surface area (Å²) in [6, 6.07) is 9.91. The number of carbonyl (C=O) groups excluding carboxylic acids is 1. The van der Waals surface area contributed by atoms with Crippen LogP contribution in [0.4, 0.5) is 0 Å². The molecule has 0 unspecified atom stereocenters. The van der Waals surface area contributed by atoms with Crippen molar-refractivity contribution in [3.8, 4) is 11.3 Å². The molecule has 1 amide bonds. The number of carbonyl (C=O) groups is 1. The minimum Gasteiger partial charge on any atom is -0.337 e. The van der Waals surface area contributed by atoms with Crippen LogP contribution in [0.2, 0.25) is 0 Å². The van der Waals surface area contributed by atoms with Gasteiger partial charge in [-0.15, -0.1) is 0 Å². The highest BCUT2D eigenvalue weighted by Gasteiger charge is 2.32. The van der Waals surface area contributed by atoms with Crippen molar-refractivity contribution in [2.45, 2.75) is 12.8 Å². The van der Waals surface area contributed by atoms with Crippen LogP contribution in [0.25, 0.3) is 11.3 Å². The van der Waals surface area contributed by atoms with Crippen molar-refractivity contribution in [3.63, 3.8) is 0 Å². The second-order valence-electron chi connectivity index (χ2n) is 6.68. The number of H-pyrrole nitrogens is 1. The predicted molar refractivity (Wildman–Crippen MR) is 96.7 cm³/mol. The lowest BCUT2D eigenvalue weighted by Gasteiger charge is -2.20. The monoisotopic (exact) mass is 388 g/mol. The predicted octanol–water partition coefficient (Wildman–Crippen LogP) is 2.91. The average molecular weight is 389 g/mol. The van der Waals surface area contributed by atoms with Crippen LogP contribution in [0.1, 0.15) is 23.3 Å². The largest absolute Gasteiger partial charge is 0.337 e. The van der Waals surface area contributed by atoms with E-state index in [-0.39, 0.29) is 5.91 Å². The second-order valence-corrected chi connectivity index (χ2v) is 7.47. The Bertz CT molecular complexity index is 716. The molecule has 0 radical (unpaired) electrons. The lowest BCUT2D eigenvalue weighted by Crippen LogP contribution is -2.33. The molecule has 4 rings (SSSR count). The van der Waals surface area contributed by atoms with E-state index >= 15 is 0 Å². The molecule has 6 heteroatoms. The molecule has 126 valence electrons. The van der Waals surface area contributed by atoms with Gasteiger partial charge in [0, 0.05) is 18.7 Å². The lowest BCUT2D eigenvalue weighted by atomic mass is 9.92. The molecule has 5 nitrogen and oxygen atoms in total. The molecule has 2 aliphatic heterocycles. The molecular formula is C18H21BrN4O. The number of aromatic amines is 1. The molecular weight excluding hydrogens is 368 g/mol. The fourth-order valence-corrected chi connectivity index (χ4v) is 4.41. The second kappa shape index (κ2) is 6.69. The number of amides is 1. The van der Waals surface area contributed by atoms with E-state index in [1.54, 1.807) is 0 Å². The molecule has 3 heterocycles. The number of nitrogens with zero attached hydrogens (tertiary/aromatic N) is 2. The fourth-order valence-electron chi connectivity index (χ4n) is 3.84. The number of benzene rings is 1. The van der Waals surface area contributed by atoms with Crippen molar-refractivity contribution < 1.29 is 4.79 Å². The smallest absolute Gasteiger partial charge is 0.273 e. The van der Waals surface area contributed by atoms with Crippen molar-refractivity contribution in [1.29, 1.82) is 0 Å². The Morgan fingerprint density at radius 1 is 1.12 bits per heavy atom. The summed E-state index contributed by atoms with van der Waals surface area (Å²) in [4.78, 5) is 14.9. The number of rotatable bonds is 2. The molecule has 0 aliphatic carbocycles. The number of aromatic nitrogens is 2. The van der Waals surface area contributed by atoms with Gasteiger partial charge in [0.2, 0.25) is 0 Å². The highest BCUT2D eigenvalue weighted by Crippen LogP contribution is 2.31. The van der Waals surface area contributed by atoms with Gasteiger partial charge in [-0.25, -0.2) is 0 Å². The Hall–Kier alpha value is -1.66. The Balaban J connectivity index is 1.54. The zero-order valence-corrected chi connectivity index (χ0v) is 15.1. The molecule has 0 spiro atoms. The first kappa shape index (κ1) is 15.8. The van der Waals surface area contributed by atoms with Gasteiger partial charge < -0.3 is 10.2 Å². The van der Waals surface area contributed by atoms with Crippen molar-refractivity contribution in [2.24, 2.45) is 11.8 Å². The van der Waals surface area contributed by atoms with Crippen LogP contribution in [0.3, 0.4) is 0 Å². The molecule has 1 aromatic carbocycles. The summed E-state index contributed by atoms with van der Waals surface area (Å²) < 4.78 is 0.754. The van der Waals surface area contributed by atoms with Gasteiger partial charge in [0.15, 0.2) is 0 Å². The molecule has 2 N–H and O–H groups in total.